The largest absolute Gasteiger partial charge is 0.493 e. The number of hydrogen-bond donors (Lipinski definition) is 0. The number of alkyl halides is 3. The van der Waals surface area contributed by atoms with Gasteiger partial charge in [-0.3, -0.25) is 4.79 Å². The number of hydrogen-bond acceptors (Lipinski definition) is 4. The molecule has 3 rings (SSSR count). The first kappa shape index (κ1) is 23.5. The Labute approximate surface area is 185 Å². The zero-order valence-electron chi connectivity index (χ0n) is 18.0. The summed E-state index contributed by atoms with van der Waals surface area (Å²) < 4.78 is 55.3. The number of carbonyl (C=O) groups is 1. The molecule has 0 spiro atoms. The van der Waals surface area contributed by atoms with Crippen LogP contribution in [0.4, 0.5) is 13.2 Å². The van der Waals surface area contributed by atoms with Crippen molar-refractivity contribution in [1.82, 2.24) is 0 Å². The molecule has 1 atom stereocenters. The normalized spacial score (nSPS) is 14.9. The summed E-state index contributed by atoms with van der Waals surface area (Å²) in [4.78, 5) is 12.0. The van der Waals surface area contributed by atoms with E-state index in [0.29, 0.717) is 17.1 Å². The molecule has 0 radical (unpaired) electrons. The third kappa shape index (κ3) is 6.19. The Balaban J connectivity index is 1.93. The van der Waals surface area contributed by atoms with E-state index in [1.54, 1.807) is 25.3 Å². The minimum absolute atomic E-state index is 0.0440. The zero-order chi connectivity index (χ0) is 23.1. The topological polar surface area (TPSA) is 44.8 Å². The van der Waals surface area contributed by atoms with E-state index in [9.17, 15) is 18.0 Å². The van der Waals surface area contributed by atoms with Gasteiger partial charge in [-0.25, -0.2) is 0 Å². The summed E-state index contributed by atoms with van der Waals surface area (Å²) in [5.74, 6) is 5.79. The number of esters is 1. The quantitative estimate of drug-likeness (QED) is 0.420. The standard InChI is InChI=1S/C25H25F3O4/c1-30-22-13-12-18(15-23(22)32-21-8-3-4-9-21)19(16-24(29)31-2)11-10-17-6-5-7-20(14-17)25(26,27)28/h5-7,12-15,19,21H,3-4,8-9,16H2,1-2H3/t19-/m0/s1. The SMILES string of the molecule is COC(=O)C[C@H](C#Cc1cccc(C(F)(F)F)c1)c1ccc(OC)c(OC2CCCC2)c1. The van der Waals surface area contributed by atoms with Crippen molar-refractivity contribution in [2.24, 2.45) is 0 Å². The smallest absolute Gasteiger partial charge is 0.416 e. The van der Waals surface area contributed by atoms with Gasteiger partial charge in [0.05, 0.1) is 38.2 Å². The third-order valence-electron chi connectivity index (χ3n) is 5.36. The summed E-state index contributed by atoms with van der Waals surface area (Å²) in [5.41, 5.74) is 0.139. The van der Waals surface area contributed by atoms with Crippen molar-refractivity contribution in [1.29, 1.82) is 0 Å². The Kier molecular flexibility index (Phi) is 7.68. The third-order valence-corrected chi connectivity index (χ3v) is 5.36. The van der Waals surface area contributed by atoms with Crippen LogP contribution in [0.3, 0.4) is 0 Å². The van der Waals surface area contributed by atoms with Crippen LogP contribution in [0.5, 0.6) is 11.5 Å². The van der Waals surface area contributed by atoms with Gasteiger partial charge in [0.2, 0.25) is 0 Å². The lowest BCUT2D eigenvalue weighted by atomic mass is 9.95. The lowest BCUT2D eigenvalue weighted by molar-refractivity contribution is -0.141. The van der Waals surface area contributed by atoms with Crippen LogP contribution in [0.1, 0.15) is 54.7 Å². The summed E-state index contributed by atoms with van der Waals surface area (Å²) in [6.45, 7) is 0. The number of benzene rings is 2. The molecule has 0 aromatic heterocycles. The monoisotopic (exact) mass is 446 g/mol. The van der Waals surface area contributed by atoms with Gasteiger partial charge in [0.15, 0.2) is 11.5 Å². The summed E-state index contributed by atoms with van der Waals surface area (Å²) in [6.07, 6.45) is -0.235. The molecular formula is C25H25F3O4. The van der Waals surface area contributed by atoms with Crippen molar-refractivity contribution in [2.45, 2.75) is 50.3 Å². The highest BCUT2D eigenvalue weighted by Gasteiger charge is 2.30. The van der Waals surface area contributed by atoms with E-state index in [0.717, 1.165) is 37.8 Å². The van der Waals surface area contributed by atoms with Gasteiger partial charge in [0, 0.05) is 5.56 Å². The molecule has 32 heavy (non-hydrogen) atoms. The Morgan fingerprint density at radius 3 is 2.50 bits per heavy atom. The summed E-state index contributed by atoms with van der Waals surface area (Å²) >= 11 is 0. The van der Waals surface area contributed by atoms with E-state index >= 15 is 0 Å². The maximum Gasteiger partial charge on any atom is 0.416 e. The van der Waals surface area contributed by atoms with Gasteiger partial charge in [0.25, 0.3) is 0 Å². The highest BCUT2D eigenvalue weighted by molar-refractivity contribution is 5.71. The molecule has 0 saturated heterocycles. The maximum atomic E-state index is 13.0. The van der Waals surface area contributed by atoms with E-state index in [1.807, 2.05) is 0 Å². The number of rotatable bonds is 6. The molecule has 0 heterocycles. The number of halogens is 3. The second kappa shape index (κ2) is 10.4. The summed E-state index contributed by atoms with van der Waals surface area (Å²) in [7, 11) is 2.83. The molecule has 4 nitrogen and oxygen atoms in total. The van der Waals surface area contributed by atoms with Gasteiger partial charge in [-0.1, -0.05) is 24.0 Å². The fourth-order valence-corrected chi connectivity index (χ4v) is 3.63. The Bertz CT molecular complexity index is 998. The van der Waals surface area contributed by atoms with Crippen LogP contribution < -0.4 is 9.47 Å². The first-order chi connectivity index (χ1) is 15.3. The predicted octanol–water partition coefficient (Wildman–Crippen LogP) is 5.73. The molecule has 1 aliphatic carbocycles. The fourth-order valence-electron chi connectivity index (χ4n) is 3.63. The van der Waals surface area contributed by atoms with Gasteiger partial charge >= 0.3 is 12.1 Å². The van der Waals surface area contributed by atoms with Gasteiger partial charge in [-0.2, -0.15) is 13.2 Å². The highest BCUT2D eigenvalue weighted by atomic mass is 19.4. The lowest BCUT2D eigenvalue weighted by Gasteiger charge is -2.18. The molecule has 7 heteroatoms. The first-order valence-electron chi connectivity index (χ1n) is 10.4. The van der Waals surface area contributed by atoms with E-state index < -0.39 is 23.6 Å². The molecule has 0 amide bonds. The van der Waals surface area contributed by atoms with E-state index in [2.05, 4.69) is 11.8 Å². The van der Waals surface area contributed by atoms with E-state index in [4.69, 9.17) is 14.2 Å². The van der Waals surface area contributed by atoms with Crippen LogP contribution in [0, 0.1) is 11.8 Å². The average Bonchev–Trinajstić information content (AvgIpc) is 3.29. The highest BCUT2D eigenvalue weighted by Crippen LogP contribution is 2.35. The maximum absolute atomic E-state index is 13.0. The van der Waals surface area contributed by atoms with Gasteiger partial charge in [-0.15, -0.1) is 0 Å². The van der Waals surface area contributed by atoms with E-state index in [-0.39, 0.29) is 18.1 Å². The predicted molar refractivity (Wildman–Crippen MR) is 114 cm³/mol. The summed E-state index contributed by atoms with van der Waals surface area (Å²) in [5, 5.41) is 0. The minimum atomic E-state index is -4.45. The van der Waals surface area contributed by atoms with Crippen LogP contribution in [-0.2, 0) is 15.7 Å². The number of ether oxygens (including phenoxy) is 3. The molecule has 0 unspecified atom stereocenters. The van der Waals surface area contributed by atoms with Gasteiger partial charge in [0.1, 0.15) is 0 Å². The fraction of sp³-hybridized carbons (Fsp3) is 0.400. The van der Waals surface area contributed by atoms with Crippen LogP contribution in [0.2, 0.25) is 0 Å². The Morgan fingerprint density at radius 1 is 1.09 bits per heavy atom. The summed E-state index contributed by atoms with van der Waals surface area (Å²) in [6, 6.07) is 10.1. The first-order valence-corrected chi connectivity index (χ1v) is 10.4. The lowest BCUT2D eigenvalue weighted by Crippen LogP contribution is -2.12. The molecule has 1 aliphatic rings. The van der Waals surface area contributed by atoms with Crippen molar-refractivity contribution in [2.75, 3.05) is 14.2 Å². The molecular weight excluding hydrogens is 421 g/mol. The second-order valence-corrected chi connectivity index (χ2v) is 7.62. The van der Waals surface area contributed by atoms with Crippen LogP contribution in [-0.4, -0.2) is 26.3 Å². The van der Waals surface area contributed by atoms with Crippen molar-refractivity contribution in [3.8, 4) is 23.3 Å². The van der Waals surface area contributed by atoms with Crippen molar-refractivity contribution in [3.63, 3.8) is 0 Å². The Hall–Kier alpha value is -3.14. The Morgan fingerprint density at radius 2 is 1.84 bits per heavy atom. The van der Waals surface area contributed by atoms with Crippen molar-refractivity contribution in [3.05, 3.63) is 59.2 Å². The number of methoxy groups -OCH3 is 2. The average molecular weight is 446 g/mol. The van der Waals surface area contributed by atoms with Crippen LogP contribution in [0.25, 0.3) is 0 Å². The zero-order valence-corrected chi connectivity index (χ0v) is 18.0. The van der Waals surface area contributed by atoms with Crippen molar-refractivity contribution >= 4 is 5.97 Å². The van der Waals surface area contributed by atoms with Crippen molar-refractivity contribution < 1.29 is 32.2 Å². The molecule has 0 aliphatic heterocycles. The molecule has 1 fully saturated rings. The molecule has 0 bridgehead atoms. The molecule has 0 N–H and O–H groups in total. The number of carbonyl (C=O) groups excluding carboxylic acids is 1. The van der Waals surface area contributed by atoms with Crippen LogP contribution in [0.15, 0.2) is 42.5 Å². The minimum Gasteiger partial charge on any atom is -0.493 e. The van der Waals surface area contributed by atoms with Gasteiger partial charge in [-0.05, 0) is 61.6 Å². The molecule has 1 saturated carbocycles. The van der Waals surface area contributed by atoms with E-state index in [1.165, 1.54) is 19.2 Å². The molecule has 2 aromatic carbocycles. The second-order valence-electron chi connectivity index (χ2n) is 7.62. The van der Waals surface area contributed by atoms with Gasteiger partial charge < -0.3 is 14.2 Å². The molecule has 170 valence electrons. The van der Waals surface area contributed by atoms with Crippen LogP contribution >= 0.6 is 0 Å². The molecule has 2 aromatic rings.